The first-order valence-electron chi connectivity index (χ1n) is 4.44. The third kappa shape index (κ3) is 5.58. The molecule has 0 aromatic carbocycles. The molecule has 3 nitrogen and oxygen atoms in total. The lowest BCUT2D eigenvalue weighted by atomic mass is 10.2. The molecule has 0 fully saturated rings. The van der Waals surface area contributed by atoms with Crippen LogP contribution >= 0.6 is 0 Å². The Kier molecular flexibility index (Phi) is 6.49. The molecule has 1 atom stereocenters. The van der Waals surface area contributed by atoms with E-state index in [2.05, 4.69) is 4.74 Å². The second-order valence-electron chi connectivity index (χ2n) is 3.23. The third-order valence-corrected chi connectivity index (χ3v) is 1.86. The molecule has 0 bridgehead atoms. The van der Waals surface area contributed by atoms with Crippen molar-refractivity contribution < 1.29 is 13.9 Å². The normalized spacial score (nSPS) is 13.0. The van der Waals surface area contributed by atoms with E-state index in [0.29, 0.717) is 19.5 Å². The van der Waals surface area contributed by atoms with Crippen LogP contribution in [0.4, 0.5) is 4.39 Å². The van der Waals surface area contributed by atoms with Gasteiger partial charge < -0.3 is 9.64 Å². The molecule has 0 amide bonds. The van der Waals surface area contributed by atoms with E-state index in [0.717, 1.165) is 0 Å². The van der Waals surface area contributed by atoms with Gasteiger partial charge in [-0.25, -0.2) is 0 Å². The van der Waals surface area contributed by atoms with Crippen LogP contribution in [0.2, 0.25) is 0 Å². The van der Waals surface area contributed by atoms with Crippen LogP contribution in [0.15, 0.2) is 0 Å². The molecule has 0 heterocycles. The maximum absolute atomic E-state index is 11.8. The topological polar surface area (TPSA) is 29.5 Å². The summed E-state index contributed by atoms with van der Waals surface area (Å²) in [5.41, 5.74) is 0. The summed E-state index contributed by atoms with van der Waals surface area (Å²) in [4.78, 5) is 12.9. The van der Waals surface area contributed by atoms with Gasteiger partial charge in [-0.15, -0.1) is 0 Å². The summed E-state index contributed by atoms with van der Waals surface area (Å²) >= 11 is 0. The molecular weight excluding hydrogens is 173 g/mol. The average Bonchev–Trinajstić information content (AvgIpc) is 2.13. The first-order valence-corrected chi connectivity index (χ1v) is 4.44. The van der Waals surface area contributed by atoms with Crippen LogP contribution in [0, 0.1) is 5.92 Å². The van der Waals surface area contributed by atoms with Gasteiger partial charge in [0.05, 0.1) is 19.7 Å². The number of hydrogen-bond acceptors (Lipinski definition) is 3. The molecule has 1 unspecified atom stereocenters. The van der Waals surface area contributed by atoms with Crippen molar-refractivity contribution in [2.24, 2.45) is 5.92 Å². The highest BCUT2D eigenvalue weighted by Crippen LogP contribution is 2.01. The highest BCUT2D eigenvalue weighted by Gasteiger charge is 2.14. The molecule has 0 aromatic rings. The summed E-state index contributed by atoms with van der Waals surface area (Å²) in [6.45, 7) is 2.79. The fourth-order valence-electron chi connectivity index (χ4n) is 1.16. The van der Waals surface area contributed by atoms with Gasteiger partial charge >= 0.3 is 5.97 Å². The molecule has 4 heteroatoms. The molecule has 0 N–H and O–H groups in total. The number of ether oxygens (including phenoxy) is 1. The minimum atomic E-state index is -0.309. The number of halogens is 1. The molecule has 0 aliphatic heterocycles. The molecule has 0 aromatic heterocycles. The number of hydrogen-bond donors (Lipinski definition) is 0. The molecule has 0 saturated carbocycles. The van der Waals surface area contributed by atoms with Crippen molar-refractivity contribution in [1.82, 2.24) is 4.90 Å². The highest BCUT2D eigenvalue weighted by molar-refractivity contribution is 5.71. The first-order chi connectivity index (χ1) is 6.11. The highest BCUT2D eigenvalue weighted by atomic mass is 19.1. The number of methoxy groups -OCH3 is 1. The SMILES string of the molecule is COC(=O)C(C)CN(C)CCCF. The summed E-state index contributed by atoms with van der Waals surface area (Å²) in [6.07, 6.45) is 0.518. The van der Waals surface area contributed by atoms with E-state index in [1.165, 1.54) is 7.11 Å². The van der Waals surface area contributed by atoms with Crippen molar-refractivity contribution in [1.29, 1.82) is 0 Å². The molecule has 0 spiro atoms. The predicted molar refractivity (Wildman–Crippen MR) is 49.3 cm³/mol. The second-order valence-corrected chi connectivity index (χ2v) is 3.23. The summed E-state index contributed by atoms with van der Waals surface area (Å²) in [7, 11) is 3.25. The number of carbonyl (C=O) groups excluding carboxylic acids is 1. The van der Waals surface area contributed by atoms with E-state index in [4.69, 9.17) is 0 Å². The lowest BCUT2D eigenvalue weighted by Crippen LogP contribution is -2.30. The number of rotatable bonds is 6. The van der Waals surface area contributed by atoms with Gasteiger partial charge in [0.15, 0.2) is 0 Å². The zero-order chi connectivity index (χ0) is 10.3. The summed E-state index contributed by atoms with van der Waals surface area (Å²) in [5, 5.41) is 0. The molecule has 13 heavy (non-hydrogen) atoms. The molecule has 78 valence electrons. The Morgan fingerprint density at radius 1 is 1.62 bits per heavy atom. The Hall–Kier alpha value is -0.640. The van der Waals surface area contributed by atoms with Crippen LogP contribution in [0.1, 0.15) is 13.3 Å². The van der Waals surface area contributed by atoms with Crippen molar-refractivity contribution in [2.75, 3.05) is 33.9 Å². The molecule has 0 radical (unpaired) electrons. The average molecular weight is 191 g/mol. The quantitative estimate of drug-likeness (QED) is 0.588. The van der Waals surface area contributed by atoms with Gasteiger partial charge in [0, 0.05) is 13.1 Å². The minimum absolute atomic E-state index is 0.144. The van der Waals surface area contributed by atoms with Crippen molar-refractivity contribution in [2.45, 2.75) is 13.3 Å². The second kappa shape index (κ2) is 6.83. The largest absolute Gasteiger partial charge is 0.469 e. The molecule has 0 aliphatic carbocycles. The van der Waals surface area contributed by atoms with Gasteiger partial charge in [0.25, 0.3) is 0 Å². The predicted octanol–water partition coefficient (Wildman–Crippen LogP) is 1.09. The molecule has 0 rings (SSSR count). The van der Waals surface area contributed by atoms with Crippen molar-refractivity contribution in [3.05, 3.63) is 0 Å². The third-order valence-electron chi connectivity index (χ3n) is 1.86. The zero-order valence-electron chi connectivity index (χ0n) is 8.55. The van der Waals surface area contributed by atoms with Gasteiger partial charge in [-0.3, -0.25) is 9.18 Å². The standard InChI is InChI=1S/C9H18FNO2/c1-8(9(12)13-3)7-11(2)6-4-5-10/h8H,4-7H2,1-3H3. The monoisotopic (exact) mass is 191 g/mol. The van der Waals surface area contributed by atoms with Gasteiger partial charge in [-0.1, -0.05) is 6.92 Å². The van der Waals surface area contributed by atoms with Crippen LogP contribution in [0.25, 0.3) is 0 Å². The van der Waals surface area contributed by atoms with E-state index >= 15 is 0 Å². The van der Waals surface area contributed by atoms with Gasteiger partial charge in [-0.2, -0.15) is 0 Å². The summed E-state index contributed by atoms with van der Waals surface area (Å²) < 4.78 is 16.4. The molecule has 0 saturated heterocycles. The Morgan fingerprint density at radius 2 is 2.23 bits per heavy atom. The van der Waals surface area contributed by atoms with E-state index in [1.54, 1.807) is 6.92 Å². The Morgan fingerprint density at radius 3 is 2.69 bits per heavy atom. The van der Waals surface area contributed by atoms with Crippen LogP contribution in [0.3, 0.4) is 0 Å². The van der Waals surface area contributed by atoms with Crippen molar-refractivity contribution >= 4 is 5.97 Å². The number of alkyl halides is 1. The van der Waals surface area contributed by atoms with Crippen LogP contribution < -0.4 is 0 Å². The molecular formula is C9H18FNO2. The first kappa shape index (κ1) is 12.4. The van der Waals surface area contributed by atoms with Gasteiger partial charge in [-0.05, 0) is 13.5 Å². The van der Waals surface area contributed by atoms with Crippen LogP contribution in [-0.2, 0) is 9.53 Å². The fraction of sp³-hybridized carbons (Fsp3) is 0.889. The smallest absolute Gasteiger partial charge is 0.309 e. The van der Waals surface area contributed by atoms with E-state index in [-0.39, 0.29) is 18.6 Å². The van der Waals surface area contributed by atoms with Crippen LogP contribution in [-0.4, -0.2) is 44.8 Å². The van der Waals surface area contributed by atoms with E-state index < -0.39 is 0 Å². The van der Waals surface area contributed by atoms with Crippen molar-refractivity contribution in [3.63, 3.8) is 0 Å². The van der Waals surface area contributed by atoms with Gasteiger partial charge in [0.2, 0.25) is 0 Å². The zero-order valence-corrected chi connectivity index (χ0v) is 8.55. The Bertz CT molecular complexity index is 153. The van der Waals surface area contributed by atoms with E-state index in [9.17, 15) is 9.18 Å². The maximum Gasteiger partial charge on any atom is 0.309 e. The lowest BCUT2D eigenvalue weighted by molar-refractivity contribution is -0.145. The Labute approximate surface area is 78.9 Å². The van der Waals surface area contributed by atoms with Crippen molar-refractivity contribution in [3.8, 4) is 0 Å². The molecule has 0 aliphatic rings. The lowest BCUT2D eigenvalue weighted by Gasteiger charge is -2.18. The summed E-state index contributed by atoms with van der Waals surface area (Å²) in [5.74, 6) is -0.360. The van der Waals surface area contributed by atoms with Gasteiger partial charge in [0.1, 0.15) is 0 Å². The summed E-state index contributed by atoms with van der Waals surface area (Å²) in [6, 6.07) is 0. The van der Waals surface area contributed by atoms with E-state index in [1.807, 2.05) is 11.9 Å². The minimum Gasteiger partial charge on any atom is -0.469 e. The van der Waals surface area contributed by atoms with Crippen LogP contribution in [0.5, 0.6) is 0 Å². The number of esters is 1. The maximum atomic E-state index is 11.8. The number of carbonyl (C=O) groups is 1. The Balaban J connectivity index is 3.64. The fourth-order valence-corrected chi connectivity index (χ4v) is 1.16. The number of nitrogens with zero attached hydrogens (tertiary/aromatic N) is 1.